The number of esters is 1. The molecule has 0 bridgehead atoms. The van der Waals surface area contributed by atoms with Crippen LogP contribution in [0.5, 0.6) is 5.75 Å². The summed E-state index contributed by atoms with van der Waals surface area (Å²) in [6.07, 6.45) is 1.98. The fraction of sp³-hybridized carbons (Fsp3) is 0.429. The number of ether oxygens (including phenoxy) is 2. The average Bonchev–Trinajstić information content (AvgIpc) is 3.22. The third-order valence-corrected chi connectivity index (χ3v) is 2.83. The summed E-state index contributed by atoms with van der Waals surface area (Å²) in [6.45, 7) is 1.89. The number of hydrogen-bond donors (Lipinski definition) is 2. The lowest BCUT2D eigenvalue weighted by Crippen LogP contribution is -2.30. The standard InChI is InChI=1S/C14H18N2O4/c1-2-19-13-10(4-3-5-11(13)15)14(18)20-8-12(17)16-9-6-7-9/h3-5,9H,2,6-8,15H2,1H3,(H,16,17). The van der Waals surface area contributed by atoms with Gasteiger partial charge in [0.15, 0.2) is 12.4 Å². The van der Waals surface area contributed by atoms with Crippen molar-refractivity contribution in [3.63, 3.8) is 0 Å². The molecule has 2 rings (SSSR count). The third-order valence-electron chi connectivity index (χ3n) is 2.83. The van der Waals surface area contributed by atoms with Crippen LogP contribution in [-0.2, 0) is 9.53 Å². The van der Waals surface area contributed by atoms with Crippen molar-refractivity contribution in [3.05, 3.63) is 23.8 Å². The number of para-hydroxylation sites is 1. The maximum absolute atomic E-state index is 12.0. The Morgan fingerprint density at radius 3 is 2.80 bits per heavy atom. The number of nitrogen functional groups attached to an aromatic ring is 1. The molecule has 1 aliphatic carbocycles. The molecule has 108 valence electrons. The van der Waals surface area contributed by atoms with E-state index in [4.69, 9.17) is 15.2 Å². The van der Waals surface area contributed by atoms with Crippen LogP contribution in [0.2, 0.25) is 0 Å². The number of carbonyl (C=O) groups excluding carboxylic acids is 2. The highest BCUT2D eigenvalue weighted by Crippen LogP contribution is 2.27. The van der Waals surface area contributed by atoms with Crippen molar-refractivity contribution in [3.8, 4) is 5.75 Å². The Morgan fingerprint density at radius 1 is 1.40 bits per heavy atom. The first-order chi connectivity index (χ1) is 9.61. The fourth-order valence-electron chi connectivity index (χ4n) is 1.73. The van der Waals surface area contributed by atoms with E-state index in [1.807, 2.05) is 0 Å². The minimum absolute atomic E-state index is 0.228. The Bertz CT molecular complexity index is 512. The summed E-state index contributed by atoms with van der Waals surface area (Å²) >= 11 is 0. The van der Waals surface area contributed by atoms with E-state index in [0.29, 0.717) is 18.0 Å². The van der Waals surface area contributed by atoms with E-state index in [1.165, 1.54) is 0 Å². The van der Waals surface area contributed by atoms with Crippen molar-refractivity contribution in [1.29, 1.82) is 0 Å². The SMILES string of the molecule is CCOc1c(N)cccc1C(=O)OCC(=O)NC1CC1. The molecule has 0 saturated heterocycles. The van der Waals surface area contributed by atoms with E-state index in [2.05, 4.69) is 5.32 Å². The number of amides is 1. The molecule has 3 N–H and O–H groups in total. The van der Waals surface area contributed by atoms with Crippen LogP contribution in [0.1, 0.15) is 30.1 Å². The summed E-state index contributed by atoms with van der Waals surface area (Å²) in [5.41, 5.74) is 6.36. The molecule has 0 radical (unpaired) electrons. The second kappa shape index (κ2) is 6.27. The molecular weight excluding hydrogens is 260 g/mol. The molecule has 1 fully saturated rings. The molecule has 0 aromatic heterocycles. The highest BCUT2D eigenvalue weighted by atomic mass is 16.5. The van der Waals surface area contributed by atoms with E-state index in [9.17, 15) is 9.59 Å². The largest absolute Gasteiger partial charge is 0.491 e. The lowest BCUT2D eigenvalue weighted by Gasteiger charge is -2.12. The van der Waals surface area contributed by atoms with Crippen LogP contribution in [-0.4, -0.2) is 31.1 Å². The van der Waals surface area contributed by atoms with E-state index >= 15 is 0 Å². The first-order valence-electron chi connectivity index (χ1n) is 6.59. The molecule has 0 heterocycles. The van der Waals surface area contributed by atoms with Gasteiger partial charge in [0.05, 0.1) is 12.3 Å². The number of nitrogens with one attached hydrogen (secondary N) is 1. The Morgan fingerprint density at radius 2 is 2.15 bits per heavy atom. The zero-order valence-corrected chi connectivity index (χ0v) is 11.3. The van der Waals surface area contributed by atoms with Crippen molar-refractivity contribution in [1.82, 2.24) is 5.32 Å². The van der Waals surface area contributed by atoms with Crippen LogP contribution >= 0.6 is 0 Å². The van der Waals surface area contributed by atoms with Crippen molar-refractivity contribution < 1.29 is 19.1 Å². The van der Waals surface area contributed by atoms with Gasteiger partial charge in [0.2, 0.25) is 0 Å². The minimum Gasteiger partial charge on any atom is -0.491 e. The molecule has 0 unspecified atom stereocenters. The lowest BCUT2D eigenvalue weighted by atomic mass is 10.2. The second-order valence-electron chi connectivity index (χ2n) is 4.57. The zero-order valence-electron chi connectivity index (χ0n) is 11.3. The van der Waals surface area contributed by atoms with Gasteiger partial charge in [-0.3, -0.25) is 4.79 Å². The molecule has 6 heteroatoms. The van der Waals surface area contributed by atoms with Gasteiger partial charge in [0.1, 0.15) is 5.56 Å². The van der Waals surface area contributed by atoms with Crippen LogP contribution in [0, 0.1) is 0 Å². The summed E-state index contributed by atoms with van der Waals surface area (Å²) in [4.78, 5) is 23.4. The van der Waals surface area contributed by atoms with Crippen LogP contribution in [0.15, 0.2) is 18.2 Å². The molecule has 1 aliphatic rings. The van der Waals surface area contributed by atoms with E-state index in [0.717, 1.165) is 12.8 Å². The normalized spacial score (nSPS) is 13.7. The van der Waals surface area contributed by atoms with Crippen LogP contribution in [0.3, 0.4) is 0 Å². The molecule has 1 amide bonds. The smallest absolute Gasteiger partial charge is 0.342 e. The number of rotatable bonds is 6. The highest BCUT2D eigenvalue weighted by molar-refractivity contribution is 5.95. The first kappa shape index (κ1) is 14.2. The molecule has 1 aromatic carbocycles. The fourth-order valence-corrected chi connectivity index (χ4v) is 1.73. The number of benzene rings is 1. The Kier molecular flexibility index (Phi) is 4.45. The average molecular weight is 278 g/mol. The predicted molar refractivity (Wildman–Crippen MR) is 73.5 cm³/mol. The Hall–Kier alpha value is -2.24. The zero-order chi connectivity index (χ0) is 14.5. The van der Waals surface area contributed by atoms with Gasteiger partial charge in [-0.25, -0.2) is 4.79 Å². The first-order valence-corrected chi connectivity index (χ1v) is 6.59. The third kappa shape index (κ3) is 3.63. The lowest BCUT2D eigenvalue weighted by molar-refractivity contribution is -0.124. The Labute approximate surface area is 117 Å². The summed E-state index contributed by atoms with van der Waals surface area (Å²) in [5, 5.41) is 2.74. The van der Waals surface area contributed by atoms with E-state index < -0.39 is 5.97 Å². The summed E-state index contributed by atoms with van der Waals surface area (Å²) < 4.78 is 10.3. The van der Waals surface area contributed by atoms with E-state index in [1.54, 1.807) is 25.1 Å². The molecule has 0 atom stereocenters. The number of anilines is 1. The molecule has 1 saturated carbocycles. The molecule has 20 heavy (non-hydrogen) atoms. The molecule has 0 spiro atoms. The van der Waals surface area contributed by atoms with Crippen LogP contribution in [0.25, 0.3) is 0 Å². The van der Waals surface area contributed by atoms with Gasteiger partial charge in [0.25, 0.3) is 5.91 Å². The molecule has 0 aliphatic heterocycles. The monoisotopic (exact) mass is 278 g/mol. The van der Waals surface area contributed by atoms with Gasteiger partial charge in [-0.05, 0) is 31.9 Å². The Balaban J connectivity index is 1.97. The van der Waals surface area contributed by atoms with Gasteiger partial charge < -0.3 is 20.5 Å². The van der Waals surface area contributed by atoms with Gasteiger partial charge in [0, 0.05) is 6.04 Å². The van der Waals surface area contributed by atoms with E-state index in [-0.39, 0.29) is 24.1 Å². The topological polar surface area (TPSA) is 90.7 Å². The van der Waals surface area contributed by atoms with Crippen molar-refractivity contribution in [2.75, 3.05) is 18.9 Å². The van der Waals surface area contributed by atoms with Crippen molar-refractivity contribution in [2.45, 2.75) is 25.8 Å². The van der Waals surface area contributed by atoms with Gasteiger partial charge in [-0.1, -0.05) is 6.07 Å². The highest BCUT2D eigenvalue weighted by Gasteiger charge is 2.24. The predicted octanol–water partition coefficient (Wildman–Crippen LogP) is 1.10. The minimum atomic E-state index is -0.619. The van der Waals surface area contributed by atoms with Crippen molar-refractivity contribution >= 4 is 17.6 Å². The van der Waals surface area contributed by atoms with Crippen LogP contribution < -0.4 is 15.8 Å². The molecular formula is C14H18N2O4. The van der Waals surface area contributed by atoms with Crippen molar-refractivity contribution in [2.24, 2.45) is 0 Å². The summed E-state index contributed by atoms with van der Waals surface area (Å²) in [5.74, 6) is -0.614. The quantitative estimate of drug-likeness (QED) is 0.600. The second-order valence-corrected chi connectivity index (χ2v) is 4.57. The van der Waals surface area contributed by atoms with Gasteiger partial charge in [-0.2, -0.15) is 0 Å². The number of nitrogens with two attached hydrogens (primary N) is 1. The number of hydrogen-bond acceptors (Lipinski definition) is 5. The molecule has 1 aromatic rings. The number of carbonyl (C=O) groups is 2. The van der Waals surface area contributed by atoms with Crippen LogP contribution in [0.4, 0.5) is 5.69 Å². The van der Waals surface area contributed by atoms with Gasteiger partial charge in [-0.15, -0.1) is 0 Å². The van der Waals surface area contributed by atoms with Gasteiger partial charge >= 0.3 is 5.97 Å². The molecule has 6 nitrogen and oxygen atoms in total. The summed E-state index contributed by atoms with van der Waals surface area (Å²) in [7, 11) is 0. The maximum atomic E-state index is 12.0. The maximum Gasteiger partial charge on any atom is 0.342 e. The summed E-state index contributed by atoms with van der Waals surface area (Å²) in [6, 6.07) is 5.08.